The Bertz CT molecular complexity index is 923. The minimum absolute atomic E-state index is 0.0802. The molecule has 4 rings (SSSR count). The fourth-order valence-corrected chi connectivity index (χ4v) is 3.15. The van der Waals surface area contributed by atoms with Crippen molar-refractivity contribution in [3.05, 3.63) is 65.7 Å². The molecule has 0 unspecified atom stereocenters. The third kappa shape index (κ3) is 3.88. The highest BCUT2D eigenvalue weighted by Crippen LogP contribution is 2.24. The first-order chi connectivity index (χ1) is 13.2. The van der Waals surface area contributed by atoms with Gasteiger partial charge in [0.25, 0.3) is 5.91 Å². The van der Waals surface area contributed by atoms with Gasteiger partial charge in [-0.1, -0.05) is 23.7 Å². The maximum Gasteiger partial charge on any atom is 0.289 e. The number of nitrogens with zero attached hydrogens (tertiary/aromatic N) is 4. The van der Waals surface area contributed by atoms with E-state index in [1.165, 1.54) is 6.26 Å². The number of hydrogen-bond donors (Lipinski definition) is 1. The summed E-state index contributed by atoms with van der Waals surface area (Å²) >= 11 is 6.18. The molecule has 0 atom stereocenters. The number of aromatic nitrogens is 2. The number of carbonyl (C=O) groups is 1. The molecule has 7 nitrogen and oxygen atoms in total. The minimum Gasteiger partial charge on any atom is -0.459 e. The van der Waals surface area contributed by atoms with Crippen molar-refractivity contribution in [3.63, 3.8) is 0 Å². The van der Waals surface area contributed by atoms with Crippen molar-refractivity contribution in [2.75, 3.05) is 36.4 Å². The number of furan rings is 1. The van der Waals surface area contributed by atoms with Gasteiger partial charge >= 0.3 is 0 Å². The van der Waals surface area contributed by atoms with Crippen molar-refractivity contribution in [2.24, 2.45) is 0 Å². The molecule has 1 saturated heterocycles. The van der Waals surface area contributed by atoms with Gasteiger partial charge in [0.1, 0.15) is 5.82 Å². The van der Waals surface area contributed by atoms with Crippen LogP contribution in [0.3, 0.4) is 0 Å². The molecule has 1 N–H and O–H groups in total. The van der Waals surface area contributed by atoms with Gasteiger partial charge in [0.05, 0.1) is 17.0 Å². The van der Waals surface area contributed by atoms with E-state index in [0.717, 1.165) is 11.5 Å². The second kappa shape index (κ2) is 7.67. The van der Waals surface area contributed by atoms with E-state index in [1.807, 2.05) is 30.3 Å². The average molecular weight is 384 g/mol. The van der Waals surface area contributed by atoms with E-state index in [4.69, 9.17) is 16.0 Å². The van der Waals surface area contributed by atoms with Gasteiger partial charge in [-0.2, -0.15) is 4.98 Å². The molecule has 0 radical (unpaired) electrons. The number of anilines is 3. The summed E-state index contributed by atoms with van der Waals surface area (Å²) in [5, 5.41) is 3.75. The molecule has 3 aromatic rings. The van der Waals surface area contributed by atoms with E-state index in [2.05, 4.69) is 20.2 Å². The van der Waals surface area contributed by atoms with E-state index in [9.17, 15) is 4.79 Å². The van der Waals surface area contributed by atoms with Crippen LogP contribution in [0.25, 0.3) is 0 Å². The fraction of sp³-hybridized carbons (Fsp3) is 0.211. The van der Waals surface area contributed by atoms with Crippen molar-refractivity contribution in [1.29, 1.82) is 0 Å². The number of amides is 1. The maximum absolute atomic E-state index is 12.4. The number of nitrogens with one attached hydrogen (secondary N) is 1. The Morgan fingerprint density at radius 3 is 2.63 bits per heavy atom. The normalized spacial score (nSPS) is 14.3. The molecular weight excluding hydrogens is 366 g/mol. The molecule has 1 aliphatic rings. The third-order valence-electron chi connectivity index (χ3n) is 4.38. The second-order valence-electron chi connectivity index (χ2n) is 6.10. The molecule has 138 valence electrons. The number of para-hydroxylation sites is 1. The van der Waals surface area contributed by atoms with Crippen LogP contribution in [-0.2, 0) is 0 Å². The van der Waals surface area contributed by atoms with Crippen molar-refractivity contribution < 1.29 is 9.21 Å². The van der Waals surface area contributed by atoms with E-state index >= 15 is 0 Å². The molecule has 1 amide bonds. The Labute approximate surface area is 161 Å². The molecule has 8 heteroatoms. The first kappa shape index (κ1) is 17.4. The second-order valence-corrected chi connectivity index (χ2v) is 6.51. The Balaban J connectivity index is 1.41. The highest BCUT2D eigenvalue weighted by molar-refractivity contribution is 6.33. The SMILES string of the molecule is O=C(c1ccco1)N1CCN(c2ccnc(Nc3ccccc3Cl)n2)CC1. The zero-order valence-electron chi connectivity index (χ0n) is 14.5. The molecule has 2 aromatic heterocycles. The summed E-state index contributed by atoms with van der Waals surface area (Å²) in [4.78, 5) is 25.1. The molecular formula is C19H18ClN5O2. The molecule has 3 heterocycles. The predicted octanol–water partition coefficient (Wildman–Crippen LogP) is 3.43. The average Bonchev–Trinajstić information content (AvgIpc) is 3.24. The van der Waals surface area contributed by atoms with E-state index < -0.39 is 0 Å². The third-order valence-corrected chi connectivity index (χ3v) is 4.71. The van der Waals surface area contributed by atoms with Crippen molar-refractivity contribution in [1.82, 2.24) is 14.9 Å². The van der Waals surface area contributed by atoms with Crippen LogP contribution >= 0.6 is 11.6 Å². The molecule has 1 aliphatic heterocycles. The van der Waals surface area contributed by atoms with Gasteiger partial charge in [0.15, 0.2) is 5.76 Å². The first-order valence-electron chi connectivity index (χ1n) is 8.63. The summed E-state index contributed by atoms with van der Waals surface area (Å²) in [6.07, 6.45) is 3.22. The number of piperazine rings is 1. The highest BCUT2D eigenvalue weighted by atomic mass is 35.5. The van der Waals surface area contributed by atoms with Gasteiger partial charge < -0.3 is 19.5 Å². The lowest BCUT2D eigenvalue weighted by atomic mass is 10.3. The number of rotatable bonds is 4. The van der Waals surface area contributed by atoms with Gasteiger partial charge in [-0.25, -0.2) is 4.98 Å². The minimum atomic E-state index is -0.0802. The van der Waals surface area contributed by atoms with E-state index in [0.29, 0.717) is 42.9 Å². The van der Waals surface area contributed by atoms with E-state index in [1.54, 1.807) is 23.2 Å². The van der Waals surface area contributed by atoms with Crippen LogP contribution < -0.4 is 10.2 Å². The van der Waals surface area contributed by atoms with Crippen LogP contribution in [0.2, 0.25) is 5.02 Å². The molecule has 1 aromatic carbocycles. The van der Waals surface area contributed by atoms with Crippen LogP contribution in [0, 0.1) is 0 Å². The zero-order chi connectivity index (χ0) is 18.6. The molecule has 1 fully saturated rings. The van der Waals surface area contributed by atoms with Crippen LogP contribution in [0.15, 0.2) is 59.3 Å². The summed E-state index contributed by atoms with van der Waals surface area (Å²) in [7, 11) is 0. The summed E-state index contributed by atoms with van der Waals surface area (Å²) in [6, 6.07) is 12.7. The van der Waals surface area contributed by atoms with Gasteiger partial charge in [-0.05, 0) is 30.3 Å². The Morgan fingerprint density at radius 2 is 1.89 bits per heavy atom. The smallest absolute Gasteiger partial charge is 0.289 e. The van der Waals surface area contributed by atoms with E-state index in [-0.39, 0.29) is 5.91 Å². The Kier molecular flexibility index (Phi) is 4.93. The molecule has 0 saturated carbocycles. The number of carbonyl (C=O) groups excluding carboxylic acids is 1. The van der Waals surface area contributed by atoms with Crippen molar-refractivity contribution >= 4 is 35.0 Å². The fourth-order valence-electron chi connectivity index (χ4n) is 2.96. The summed E-state index contributed by atoms with van der Waals surface area (Å²) in [5.74, 6) is 1.58. The number of halogens is 1. The first-order valence-corrected chi connectivity index (χ1v) is 9.01. The summed E-state index contributed by atoms with van der Waals surface area (Å²) in [5.41, 5.74) is 0.755. The van der Waals surface area contributed by atoms with Crippen LogP contribution in [0.4, 0.5) is 17.5 Å². The number of hydrogen-bond acceptors (Lipinski definition) is 6. The predicted molar refractivity (Wildman–Crippen MR) is 104 cm³/mol. The van der Waals surface area contributed by atoms with Gasteiger partial charge in [0, 0.05) is 32.4 Å². The monoisotopic (exact) mass is 383 g/mol. The molecule has 0 aliphatic carbocycles. The molecule has 0 bridgehead atoms. The quantitative estimate of drug-likeness (QED) is 0.744. The Hall–Kier alpha value is -3.06. The summed E-state index contributed by atoms with van der Waals surface area (Å²) < 4.78 is 5.20. The van der Waals surface area contributed by atoms with Crippen LogP contribution in [0.1, 0.15) is 10.6 Å². The zero-order valence-corrected chi connectivity index (χ0v) is 15.3. The Morgan fingerprint density at radius 1 is 1.07 bits per heavy atom. The summed E-state index contributed by atoms with van der Waals surface area (Å²) in [6.45, 7) is 2.59. The van der Waals surface area contributed by atoms with Gasteiger partial charge in [-0.3, -0.25) is 4.79 Å². The van der Waals surface area contributed by atoms with Crippen molar-refractivity contribution in [3.8, 4) is 0 Å². The topological polar surface area (TPSA) is 74.5 Å². The van der Waals surface area contributed by atoms with Crippen molar-refractivity contribution in [2.45, 2.75) is 0 Å². The lowest BCUT2D eigenvalue weighted by Gasteiger charge is -2.35. The molecule has 27 heavy (non-hydrogen) atoms. The van der Waals surface area contributed by atoms with Gasteiger partial charge in [-0.15, -0.1) is 0 Å². The lowest BCUT2D eigenvalue weighted by Crippen LogP contribution is -2.49. The number of benzene rings is 1. The largest absolute Gasteiger partial charge is 0.459 e. The highest BCUT2D eigenvalue weighted by Gasteiger charge is 2.24. The van der Waals surface area contributed by atoms with Gasteiger partial charge in [0.2, 0.25) is 5.95 Å². The standard InChI is InChI=1S/C19H18ClN5O2/c20-14-4-1-2-5-15(14)22-19-21-8-7-17(23-19)24-9-11-25(12-10-24)18(26)16-6-3-13-27-16/h1-8,13H,9-12H2,(H,21,22,23). The molecule has 0 spiro atoms. The maximum atomic E-state index is 12.4. The lowest BCUT2D eigenvalue weighted by molar-refractivity contribution is 0.0714. The van der Waals surface area contributed by atoms with Crippen LogP contribution in [0.5, 0.6) is 0 Å². The van der Waals surface area contributed by atoms with Crippen LogP contribution in [-0.4, -0.2) is 47.0 Å².